The molecule has 1 fully saturated rings. The van der Waals surface area contributed by atoms with E-state index in [9.17, 15) is 9.59 Å². The standard InChI is InChI=1S/C17H25N3O3/c1-4-5-11(2)20-10-12(8-16(20)21)17(22)19-15-9-13(23-3)6-7-14(15)18/h6-7,9,11-12H,4-5,8,10,18H2,1-3H3,(H,19,22). The van der Waals surface area contributed by atoms with E-state index in [4.69, 9.17) is 10.5 Å². The Labute approximate surface area is 137 Å². The second-order valence-corrected chi connectivity index (χ2v) is 6.03. The Balaban J connectivity index is 2.03. The minimum atomic E-state index is -0.340. The number of hydrogen-bond donors (Lipinski definition) is 2. The summed E-state index contributed by atoms with van der Waals surface area (Å²) in [5, 5.41) is 2.82. The second-order valence-electron chi connectivity index (χ2n) is 6.03. The molecule has 6 nitrogen and oxygen atoms in total. The van der Waals surface area contributed by atoms with Crippen molar-refractivity contribution in [3.05, 3.63) is 18.2 Å². The van der Waals surface area contributed by atoms with Crippen molar-refractivity contribution in [1.29, 1.82) is 0 Å². The number of rotatable bonds is 6. The van der Waals surface area contributed by atoms with Gasteiger partial charge in [0, 0.05) is 25.1 Å². The van der Waals surface area contributed by atoms with Crippen LogP contribution in [0, 0.1) is 5.92 Å². The fourth-order valence-corrected chi connectivity index (χ4v) is 2.91. The Morgan fingerprint density at radius 3 is 2.91 bits per heavy atom. The number of carbonyl (C=O) groups excluding carboxylic acids is 2. The van der Waals surface area contributed by atoms with Gasteiger partial charge in [-0.05, 0) is 25.5 Å². The molecule has 2 atom stereocenters. The van der Waals surface area contributed by atoms with Gasteiger partial charge in [-0.2, -0.15) is 0 Å². The average Bonchev–Trinajstić information content (AvgIpc) is 2.92. The van der Waals surface area contributed by atoms with Gasteiger partial charge in [0.05, 0.1) is 24.4 Å². The van der Waals surface area contributed by atoms with Crippen LogP contribution >= 0.6 is 0 Å². The van der Waals surface area contributed by atoms with Crippen LogP contribution < -0.4 is 15.8 Å². The molecule has 0 bridgehead atoms. The number of nitrogen functional groups attached to an aromatic ring is 1. The van der Waals surface area contributed by atoms with Gasteiger partial charge in [-0.15, -0.1) is 0 Å². The summed E-state index contributed by atoms with van der Waals surface area (Å²) in [7, 11) is 1.56. The summed E-state index contributed by atoms with van der Waals surface area (Å²) >= 11 is 0. The molecule has 1 saturated heterocycles. The van der Waals surface area contributed by atoms with Crippen LogP contribution in [0.5, 0.6) is 5.75 Å². The number of nitrogens with zero attached hydrogens (tertiary/aromatic N) is 1. The molecule has 6 heteroatoms. The molecule has 1 aromatic carbocycles. The van der Waals surface area contributed by atoms with Crippen LogP contribution in [0.2, 0.25) is 0 Å². The molecule has 126 valence electrons. The van der Waals surface area contributed by atoms with Crippen LogP contribution in [0.25, 0.3) is 0 Å². The van der Waals surface area contributed by atoms with Crippen molar-refractivity contribution in [3.8, 4) is 5.75 Å². The Hall–Kier alpha value is -2.24. The van der Waals surface area contributed by atoms with Gasteiger partial charge in [-0.3, -0.25) is 9.59 Å². The average molecular weight is 319 g/mol. The van der Waals surface area contributed by atoms with Gasteiger partial charge in [-0.1, -0.05) is 13.3 Å². The third-order valence-corrected chi connectivity index (χ3v) is 4.29. The third kappa shape index (κ3) is 3.94. The maximum Gasteiger partial charge on any atom is 0.229 e. The fraction of sp³-hybridized carbons (Fsp3) is 0.529. The van der Waals surface area contributed by atoms with Crippen LogP contribution in [0.1, 0.15) is 33.1 Å². The first-order valence-corrected chi connectivity index (χ1v) is 8.00. The molecule has 0 aliphatic carbocycles. The number of ether oxygens (including phenoxy) is 1. The molecule has 0 spiro atoms. The Bertz CT molecular complexity index is 588. The molecule has 1 heterocycles. The van der Waals surface area contributed by atoms with Crippen LogP contribution in [-0.4, -0.2) is 36.4 Å². The van der Waals surface area contributed by atoms with Crippen LogP contribution in [0.3, 0.4) is 0 Å². The van der Waals surface area contributed by atoms with Crippen LogP contribution in [0.15, 0.2) is 18.2 Å². The van der Waals surface area contributed by atoms with Gasteiger partial charge in [0.1, 0.15) is 5.75 Å². The van der Waals surface area contributed by atoms with Gasteiger partial charge >= 0.3 is 0 Å². The maximum absolute atomic E-state index is 12.5. The van der Waals surface area contributed by atoms with E-state index in [1.54, 1.807) is 25.3 Å². The SMILES string of the molecule is CCCC(C)N1CC(C(=O)Nc2cc(OC)ccc2N)CC1=O. The molecule has 1 aromatic rings. The van der Waals surface area contributed by atoms with Gasteiger partial charge in [0.25, 0.3) is 0 Å². The second kappa shape index (κ2) is 7.35. The van der Waals surface area contributed by atoms with Gasteiger partial charge in [-0.25, -0.2) is 0 Å². The Morgan fingerprint density at radius 2 is 2.26 bits per heavy atom. The quantitative estimate of drug-likeness (QED) is 0.788. The summed E-state index contributed by atoms with van der Waals surface area (Å²) in [5.74, 6) is 0.150. The van der Waals surface area contributed by atoms with E-state index in [1.165, 1.54) is 0 Å². The summed E-state index contributed by atoms with van der Waals surface area (Å²) in [4.78, 5) is 26.4. The van der Waals surface area contributed by atoms with Crippen molar-refractivity contribution in [3.63, 3.8) is 0 Å². The number of nitrogens with one attached hydrogen (secondary N) is 1. The van der Waals surface area contributed by atoms with Crippen LogP contribution in [0.4, 0.5) is 11.4 Å². The zero-order valence-corrected chi connectivity index (χ0v) is 14.0. The van der Waals surface area contributed by atoms with Crippen molar-refractivity contribution < 1.29 is 14.3 Å². The zero-order valence-electron chi connectivity index (χ0n) is 14.0. The molecule has 0 aromatic heterocycles. The maximum atomic E-state index is 12.5. The summed E-state index contributed by atoms with van der Waals surface area (Å²) in [5.41, 5.74) is 6.87. The minimum Gasteiger partial charge on any atom is -0.497 e. The van der Waals surface area contributed by atoms with Gasteiger partial charge < -0.3 is 20.7 Å². The Kier molecular flexibility index (Phi) is 5.47. The molecule has 2 amide bonds. The highest BCUT2D eigenvalue weighted by molar-refractivity contribution is 5.99. The number of anilines is 2. The fourth-order valence-electron chi connectivity index (χ4n) is 2.91. The van der Waals surface area contributed by atoms with E-state index in [0.29, 0.717) is 23.7 Å². The monoisotopic (exact) mass is 319 g/mol. The summed E-state index contributed by atoms with van der Waals surface area (Å²) < 4.78 is 5.14. The minimum absolute atomic E-state index is 0.0460. The number of amides is 2. The third-order valence-electron chi connectivity index (χ3n) is 4.29. The van der Waals surface area contributed by atoms with E-state index in [2.05, 4.69) is 12.2 Å². The largest absolute Gasteiger partial charge is 0.497 e. The predicted molar refractivity (Wildman–Crippen MR) is 90.2 cm³/mol. The molecule has 0 radical (unpaired) electrons. The van der Waals surface area contributed by atoms with Crippen molar-refractivity contribution in [1.82, 2.24) is 4.90 Å². The van der Waals surface area contributed by atoms with Crippen molar-refractivity contribution in [2.45, 2.75) is 39.2 Å². The van der Waals surface area contributed by atoms with Gasteiger partial charge in [0.15, 0.2) is 0 Å². The van der Waals surface area contributed by atoms with Crippen molar-refractivity contribution in [2.24, 2.45) is 5.92 Å². The summed E-state index contributed by atoms with van der Waals surface area (Å²) in [6.45, 7) is 4.59. The van der Waals surface area contributed by atoms with E-state index >= 15 is 0 Å². The molecule has 23 heavy (non-hydrogen) atoms. The van der Waals surface area contributed by atoms with Crippen LogP contribution in [-0.2, 0) is 9.59 Å². The molecule has 2 rings (SSSR count). The molecular weight excluding hydrogens is 294 g/mol. The van der Waals surface area contributed by atoms with Crippen molar-refractivity contribution >= 4 is 23.2 Å². The first-order valence-electron chi connectivity index (χ1n) is 8.00. The first-order chi connectivity index (χ1) is 11.0. The number of benzene rings is 1. The Morgan fingerprint density at radius 1 is 1.52 bits per heavy atom. The lowest BCUT2D eigenvalue weighted by Crippen LogP contribution is -2.35. The lowest BCUT2D eigenvalue weighted by Gasteiger charge is -2.24. The number of carbonyl (C=O) groups is 2. The van der Waals surface area contributed by atoms with Crippen molar-refractivity contribution in [2.75, 3.05) is 24.7 Å². The van der Waals surface area contributed by atoms with Gasteiger partial charge in [0.2, 0.25) is 11.8 Å². The number of nitrogens with two attached hydrogens (primary N) is 1. The zero-order chi connectivity index (χ0) is 17.0. The topological polar surface area (TPSA) is 84.7 Å². The van der Waals surface area contributed by atoms with E-state index in [0.717, 1.165) is 12.8 Å². The summed E-state index contributed by atoms with van der Waals surface area (Å²) in [6.07, 6.45) is 2.22. The highest BCUT2D eigenvalue weighted by Crippen LogP contribution is 2.27. The number of hydrogen-bond acceptors (Lipinski definition) is 4. The highest BCUT2D eigenvalue weighted by Gasteiger charge is 2.36. The summed E-state index contributed by atoms with van der Waals surface area (Å²) in [6, 6.07) is 5.27. The molecule has 0 saturated carbocycles. The molecule has 1 aliphatic heterocycles. The van der Waals surface area contributed by atoms with E-state index < -0.39 is 0 Å². The smallest absolute Gasteiger partial charge is 0.229 e. The molecule has 2 unspecified atom stereocenters. The lowest BCUT2D eigenvalue weighted by molar-refractivity contribution is -0.129. The molecular formula is C17H25N3O3. The predicted octanol–water partition coefficient (Wildman–Crippen LogP) is 2.25. The molecule has 3 N–H and O–H groups in total. The normalized spacial score (nSPS) is 18.8. The highest BCUT2D eigenvalue weighted by atomic mass is 16.5. The number of methoxy groups -OCH3 is 1. The van der Waals surface area contributed by atoms with E-state index in [1.807, 2.05) is 11.8 Å². The molecule has 1 aliphatic rings. The lowest BCUT2D eigenvalue weighted by atomic mass is 10.1. The number of likely N-dealkylation sites (tertiary alicyclic amines) is 1. The van der Waals surface area contributed by atoms with E-state index in [-0.39, 0.29) is 30.2 Å². The first kappa shape index (κ1) is 17.1.